The number of piperidine rings is 1. The van der Waals surface area contributed by atoms with Crippen molar-refractivity contribution in [2.75, 3.05) is 13.1 Å². The molecule has 1 heterocycles. The van der Waals surface area contributed by atoms with Crippen molar-refractivity contribution in [2.24, 2.45) is 17.3 Å². The van der Waals surface area contributed by atoms with E-state index in [1.54, 1.807) is 0 Å². The molecule has 11 heavy (non-hydrogen) atoms. The second kappa shape index (κ2) is 2.48. The molecule has 1 aliphatic carbocycles. The lowest BCUT2D eigenvalue weighted by atomic mass is 9.75. The van der Waals surface area contributed by atoms with E-state index in [0.717, 1.165) is 11.8 Å². The minimum absolute atomic E-state index is 0.646. The van der Waals surface area contributed by atoms with E-state index in [1.165, 1.54) is 32.4 Å². The fourth-order valence-electron chi connectivity index (χ4n) is 3.00. The summed E-state index contributed by atoms with van der Waals surface area (Å²) in [6, 6.07) is 0. The van der Waals surface area contributed by atoms with Gasteiger partial charge < -0.3 is 5.32 Å². The van der Waals surface area contributed by atoms with Crippen molar-refractivity contribution < 1.29 is 0 Å². The van der Waals surface area contributed by atoms with E-state index in [0.29, 0.717) is 5.41 Å². The Morgan fingerprint density at radius 1 is 1.27 bits per heavy atom. The van der Waals surface area contributed by atoms with E-state index < -0.39 is 0 Å². The van der Waals surface area contributed by atoms with E-state index in [9.17, 15) is 0 Å². The number of hydrogen-bond donors (Lipinski definition) is 1. The van der Waals surface area contributed by atoms with E-state index in [-0.39, 0.29) is 0 Å². The third-order valence-electron chi connectivity index (χ3n) is 3.77. The van der Waals surface area contributed by atoms with Crippen LogP contribution in [0.25, 0.3) is 0 Å². The lowest BCUT2D eigenvalue weighted by Crippen LogP contribution is -2.37. The second-order valence-corrected chi connectivity index (χ2v) is 4.89. The van der Waals surface area contributed by atoms with Crippen LogP contribution in [0.5, 0.6) is 0 Å². The van der Waals surface area contributed by atoms with Gasteiger partial charge in [0, 0.05) is 0 Å². The third kappa shape index (κ3) is 1.20. The molecule has 0 amide bonds. The molecule has 2 aliphatic rings. The zero-order valence-electron chi connectivity index (χ0n) is 7.69. The summed E-state index contributed by atoms with van der Waals surface area (Å²) in [7, 11) is 0. The van der Waals surface area contributed by atoms with Gasteiger partial charge >= 0.3 is 0 Å². The van der Waals surface area contributed by atoms with E-state index in [2.05, 4.69) is 19.2 Å². The van der Waals surface area contributed by atoms with Crippen molar-refractivity contribution in [1.29, 1.82) is 0 Å². The van der Waals surface area contributed by atoms with E-state index >= 15 is 0 Å². The minimum Gasteiger partial charge on any atom is -0.316 e. The standard InChI is InChI=1S/C10H19N/c1-10(2)5-3-8-7-11-6-4-9(8)10/h8-9,11H,3-7H2,1-2H3. The number of fused-ring (bicyclic) bond motifs is 1. The van der Waals surface area contributed by atoms with Crippen LogP contribution in [-0.2, 0) is 0 Å². The Kier molecular flexibility index (Phi) is 1.71. The Morgan fingerprint density at radius 2 is 2.09 bits per heavy atom. The van der Waals surface area contributed by atoms with Crippen molar-refractivity contribution in [3.05, 3.63) is 0 Å². The zero-order valence-corrected chi connectivity index (χ0v) is 7.69. The molecule has 1 nitrogen and oxygen atoms in total. The summed E-state index contributed by atoms with van der Waals surface area (Å²) in [5.41, 5.74) is 0.646. The first-order valence-electron chi connectivity index (χ1n) is 4.91. The molecule has 1 saturated heterocycles. The van der Waals surface area contributed by atoms with Gasteiger partial charge in [0.15, 0.2) is 0 Å². The Balaban J connectivity index is 2.10. The van der Waals surface area contributed by atoms with Gasteiger partial charge in [-0.3, -0.25) is 0 Å². The van der Waals surface area contributed by atoms with Crippen LogP contribution in [0.4, 0.5) is 0 Å². The Bertz CT molecular complexity index is 151. The monoisotopic (exact) mass is 153 g/mol. The highest BCUT2D eigenvalue weighted by molar-refractivity contribution is 4.94. The highest BCUT2D eigenvalue weighted by atomic mass is 14.9. The molecular weight excluding hydrogens is 134 g/mol. The van der Waals surface area contributed by atoms with Crippen LogP contribution in [0, 0.1) is 17.3 Å². The van der Waals surface area contributed by atoms with Gasteiger partial charge in [0.25, 0.3) is 0 Å². The first-order chi connectivity index (χ1) is 5.20. The fraction of sp³-hybridized carbons (Fsp3) is 1.00. The average Bonchev–Trinajstić information content (AvgIpc) is 2.29. The van der Waals surface area contributed by atoms with Gasteiger partial charge in [-0.2, -0.15) is 0 Å². The molecule has 0 bridgehead atoms. The minimum atomic E-state index is 0.646. The van der Waals surface area contributed by atoms with Crippen molar-refractivity contribution in [3.63, 3.8) is 0 Å². The third-order valence-corrected chi connectivity index (χ3v) is 3.77. The molecule has 0 aromatic rings. The Hall–Kier alpha value is -0.0400. The van der Waals surface area contributed by atoms with E-state index in [1.807, 2.05) is 0 Å². The van der Waals surface area contributed by atoms with Crippen LogP contribution in [-0.4, -0.2) is 13.1 Å². The van der Waals surface area contributed by atoms with Gasteiger partial charge in [-0.1, -0.05) is 13.8 Å². The van der Waals surface area contributed by atoms with Crippen LogP contribution in [0.3, 0.4) is 0 Å². The quantitative estimate of drug-likeness (QED) is 0.561. The summed E-state index contributed by atoms with van der Waals surface area (Å²) >= 11 is 0. The maximum absolute atomic E-state index is 3.49. The van der Waals surface area contributed by atoms with Crippen LogP contribution in [0.15, 0.2) is 0 Å². The van der Waals surface area contributed by atoms with Gasteiger partial charge in [0.1, 0.15) is 0 Å². The van der Waals surface area contributed by atoms with E-state index in [4.69, 9.17) is 0 Å². The summed E-state index contributed by atoms with van der Waals surface area (Å²) < 4.78 is 0. The maximum Gasteiger partial charge on any atom is -0.00177 e. The summed E-state index contributed by atoms with van der Waals surface area (Å²) in [6.45, 7) is 7.44. The summed E-state index contributed by atoms with van der Waals surface area (Å²) in [6.07, 6.45) is 4.33. The molecule has 64 valence electrons. The second-order valence-electron chi connectivity index (χ2n) is 4.89. The molecule has 1 saturated carbocycles. The fourth-order valence-corrected chi connectivity index (χ4v) is 3.00. The molecule has 0 spiro atoms. The smallest absolute Gasteiger partial charge is 0.00177 e. The van der Waals surface area contributed by atoms with Crippen LogP contribution in [0.1, 0.15) is 33.1 Å². The molecule has 1 N–H and O–H groups in total. The van der Waals surface area contributed by atoms with Gasteiger partial charge in [0.2, 0.25) is 0 Å². The average molecular weight is 153 g/mol. The first kappa shape index (κ1) is 7.60. The van der Waals surface area contributed by atoms with Gasteiger partial charge in [0.05, 0.1) is 0 Å². The lowest BCUT2D eigenvalue weighted by Gasteiger charge is -2.34. The molecule has 2 unspecified atom stereocenters. The molecule has 1 heteroatoms. The Morgan fingerprint density at radius 3 is 2.82 bits per heavy atom. The SMILES string of the molecule is CC1(C)CCC2CNCCC21. The molecule has 2 rings (SSSR count). The van der Waals surface area contributed by atoms with Crippen LogP contribution >= 0.6 is 0 Å². The van der Waals surface area contributed by atoms with Crippen LogP contribution < -0.4 is 5.32 Å². The largest absolute Gasteiger partial charge is 0.316 e. The molecule has 0 radical (unpaired) electrons. The predicted molar refractivity (Wildman–Crippen MR) is 47.5 cm³/mol. The number of nitrogens with one attached hydrogen (secondary N) is 1. The van der Waals surface area contributed by atoms with Crippen molar-refractivity contribution >= 4 is 0 Å². The maximum atomic E-state index is 3.49. The normalized spacial score (nSPS) is 42.0. The molecule has 2 atom stereocenters. The number of rotatable bonds is 0. The van der Waals surface area contributed by atoms with Crippen molar-refractivity contribution in [2.45, 2.75) is 33.1 Å². The summed E-state index contributed by atoms with van der Waals surface area (Å²) in [4.78, 5) is 0. The topological polar surface area (TPSA) is 12.0 Å². The summed E-state index contributed by atoms with van der Waals surface area (Å²) in [5.74, 6) is 2.02. The molecule has 2 fully saturated rings. The molecule has 0 aromatic heterocycles. The Labute approximate surface area is 69.6 Å². The van der Waals surface area contributed by atoms with Crippen LogP contribution in [0.2, 0.25) is 0 Å². The summed E-state index contributed by atoms with van der Waals surface area (Å²) in [5, 5.41) is 3.49. The van der Waals surface area contributed by atoms with Gasteiger partial charge in [-0.05, 0) is 49.6 Å². The van der Waals surface area contributed by atoms with Gasteiger partial charge in [-0.25, -0.2) is 0 Å². The van der Waals surface area contributed by atoms with Gasteiger partial charge in [-0.15, -0.1) is 0 Å². The van der Waals surface area contributed by atoms with Crippen molar-refractivity contribution in [3.8, 4) is 0 Å². The first-order valence-corrected chi connectivity index (χ1v) is 4.91. The lowest BCUT2D eigenvalue weighted by molar-refractivity contribution is 0.175. The molecular formula is C10H19N. The highest BCUT2D eigenvalue weighted by Crippen LogP contribution is 2.48. The zero-order chi connectivity index (χ0) is 7.90. The number of hydrogen-bond acceptors (Lipinski definition) is 1. The molecule has 0 aromatic carbocycles. The van der Waals surface area contributed by atoms with Crippen molar-refractivity contribution in [1.82, 2.24) is 5.32 Å². The predicted octanol–water partition coefficient (Wildman–Crippen LogP) is 2.03. The molecule has 1 aliphatic heterocycles. The highest BCUT2D eigenvalue weighted by Gasteiger charge is 2.42.